The number of nitrogens with zero attached hydrogens (tertiary/aromatic N) is 2. The summed E-state index contributed by atoms with van der Waals surface area (Å²) in [5, 5.41) is 9.43. The highest BCUT2D eigenvalue weighted by molar-refractivity contribution is 6.35. The van der Waals surface area contributed by atoms with Crippen LogP contribution in [0.4, 0.5) is 10.1 Å². The number of hydrogen-bond acceptors (Lipinski definition) is 4. The van der Waals surface area contributed by atoms with Crippen molar-refractivity contribution < 1.29 is 19.1 Å². The first-order valence-corrected chi connectivity index (χ1v) is 7.52. The summed E-state index contributed by atoms with van der Waals surface area (Å²) in [6, 6.07) is 8.15. The predicted octanol–water partition coefficient (Wildman–Crippen LogP) is 3.94. The number of hydrogen-bond donors (Lipinski definition) is 1. The van der Waals surface area contributed by atoms with Crippen molar-refractivity contribution in [1.82, 2.24) is 4.98 Å². The van der Waals surface area contributed by atoms with Gasteiger partial charge in [0.25, 0.3) is 0 Å². The fourth-order valence-corrected chi connectivity index (χ4v) is 2.37. The Morgan fingerprint density at radius 3 is 2.50 bits per heavy atom. The summed E-state index contributed by atoms with van der Waals surface area (Å²) < 4.78 is 13.0. The first kappa shape index (κ1) is 17.7. The van der Waals surface area contributed by atoms with Crippen LogP contribution in [-0.4, -0.2) is 27.6 Å². The monoisotopic (exact) mass is 348 g/mol. The number of carbonyl (C=O) groups is 2. The van der Waals surface area contributed by atoms with E-state index in [1.165, 1.54) is 42.6 Å². The van der Waals surface area contributed by atoms with E-state index in [0.29, 0.717) is 5.69 Å². The van der Waals surface area contributed by atoms with E-state index in [0.717, 1.165) is 0 Å². The molecule has 24 heavy (non-hydrogen) atoms. The van der Waals surface area contributed by atoms with Gasteiger partial charge >= 0.3 is 5.97 Å². The van der Waals surface area contributed by atoms with Gasteiger partial charge in [-0.25, -0.2) is 9.37 Å². The second-order valence-electron chi connectivity index (χ2n) is 4.91. The molecule has 1 N–H and O–H groups in total. The Labute approximate surface area is 142 Å². The Kier molecular flexibility index (Phi) is 5.76. The van der Waals surface area contributed by atoms with Gasteiger partial charge in [-0.15, -0.1) is 0 Å². The fraction of sp³-hybridized carbons (Fsp3) is 0.176. The van der Waals surface area contributed by atoms with E-state index in [1.54, 1.807) is 6.92 Å². The van der Waals surface area contributed by atoms with Crippen molar-refractivity contribution in [1.29, 1.82) is 0 Å². The van der Waals surface area contributed by atoms with E-state index < -0.39 is 23.5 Å². The van der Waals surface area contributed by atoms with Crippen molar-refractivity contribution in [3.8, 4) is 0 Å². The maximum Gasteiger partial charge on any atom is 0.320 e. The highest BCUT2D eigenvalue weighted by Gasteiger charge is 2.33. The van der Waals surface area contributed by atoms with Gasteiger partial charge in [-0.1, -0.05) is 18.5 Å². The molecule has 0 aliphatic heterocycles. The molecular weight excluding hydrogens is 335 g/mol. The topological polar surface area (TPSA) is 79.6 Å². The molecule has 0 spiro atoms. The molecule has 1 atom stereocenters. The molecule has 7 heteroatoms. The molecule has 2 aromatic rings. The number of rotatable bonds is 6. The van der Waals surface area contributed by atoms with Crippen LogP contribution in [0, 0.1) is 11.7 Å². The van der Waals surface area contributed by atoms with E-state index in [2.05, 4.69) is 9.98 Å². The number of Topliss-reactive ketones (excluding diaryl/α,β-unsaturated/α-hetero) is 1. The molecule has 1 aromatic carbocycles. The van der Waals surface area contributed by atoms with Crippen LogP contribution in [0.5, 0.6) is 0 Å². The average molecular weight is 349 g/mol. The van der Waals surface area contributed by atoms with Crippen molar-refractivity contribution in [2.24, 2.45) is 10.9 Å². The minimum Gasteiger partial charge on any atom is -0.480 e. The number of carboxylic acid groups (broad SMARTS) is 1. The zero-order valence-corrected chi connectivity index (χ0v) is 13.5. The lowest BCUT2D eigenvalue weighted by Gasteiger charge is -2.14. The first-order valence-electron chi connectivity index (χ1n) is 7.14. The van der Waals surface area contributed by atoms with Crippen LogP contribution in [0.3, 0.4) is 0 Å². The van der Waals surface area contributed by atoms with Crippen LogP contribution < -0.4 is 0 Å². The number of aromatic nitrogens is 1. The lowest BCUT2D eigenvalue weighted by Crippen LogP contribution is -2.32. The molecule has 1 heterocycles. The second-order valence-corrected chi connectivity index (χ2v) is 5.27. The molecule has 5 nitrogen and oxygen atoms in total. The van der Waals surface area contributed by atoms with Gasteiger partial charge in [0.2, 0.25) is 0 Å². The third-order valence-electron chi connectivity index (χ3n) is 3.33. The molecular formula is C17H14ClFN2O3. The van der Waals surface area contributed by atoms with Gasteiger partial charge in [0.1, 0.15) is 11.0 Å². The number of pyridine rings is 1. The smallest absolute Gasteiger partial charge is 0.320 e. The zero-order valence-electron chi connectivity index (χ0n) is 12.7. The minimum atomic E-state index is -1.48. The highest BCUT2D eigenvalue weighted by atomic mass is 35.5. The molecule has 1 unspecified atom stereocenters. The predicted molar refractivity (Wildman–Crippen MR) is 88.5 cm³/mol. The van der Waals surface area contributed by atoms with Crippen molar-refractivity contribution in [3.63, 3.8) is 0 Å². The first-order chi connectivity index (χ1) is 11.4. The molecule has 0 aliphatic rings. The van der Waals surface area contributed by atoms with Gasteiger partial charge in [-0.05, 0) is 42.8 Å². The lowest BCUT2D eigenvalue weighted by molar-refractivity contribution is -0.138. The summed E-state index contributed by atoms with van der Waals surface area (Å²) in [5.74, 6) is -3.94. The molecule has 1 aromatic heterocycles. The highest BCUT2D eigenvalue weighted by Crippen LogP contribution is 2.22. The summed E-state index contributed by atoms with van der Waals surface area (Å²) in [6.45, 7) is 1.69. The lowest BCUT2D eigenvalue weighted by atomic mass is 9.92. The van der Waals surface area contributed by atoms with Gasteiger partial charge in [0.05, 0.1) is 11.3 Å². The SMILES string of the molecule is CCC(=Nc1ccc(F)cc1)C(C(=O)O)C(=O)c1cccnc1Cl. The molecule has 0 fully saturated rings. The van der Waals surface area contributed by atoms with Crippen molar-refractivity contribution in [3.05, 3.63) is 59.1 Å². The van der Waals surface area contributed by atoms with Crippen LogP contribution in [0.1, 0.15) is 23.7 Å². The van der Waals surface area contributed by atoms with Gasteiger partial charge < -0.3 is 5.11 Å². The van der Waals surface area contributed by atoms with E-state index in [-0.39, 0.29) is 22.8 Å². The number of aliphatic imine (C=N–C) groups is 1. The van der Waals surface area contributed by atoms with E-state index in [9.17, 15) is 19.1 Å². The Bertz CT molecular complexity index is 791. The van der Waals surface area contributed by atoms with Crippen molar-refractivity contribution >= 4 is 34.8 Å². The van der Waals surface area contributed by atoms with Crippen LogP contribution in [0.15, 0.2) is 47.6 Å². The number of carbonyl (C=O) groups excluding carboxylic acids is 1. The normalized spacial score (nSPS) is 12.7. The van der Waals surface area contributed by atoms with Crippen LogP contribution in [0.2, 0.25) is 5.15 Å². The number of halogens is 2. The van der Waals surface area contributed by atoms with E-state index in [4.69, 9.17) is 11.6 Å². The second kappa shape index (κ2) is 7.79. The summed E-state index contributed by atoms with van der Waals surface area (Å²) in [4.78, 5) is 32.2. The Morgan fingerprint density at radius 1 is 1.29 bits per heavy atom. The van der Waals surface area contributed by atoms with Gasteiger partial charge in [0.15, 0.2) is 11.7 Å². The molecule has 0 amide bonds. The summed E-state index contributed by atoms with van der Waals surface area (Å²) in [6.07, 6.45) is 1.64. The zero-order chi connectivity index (χ0) is 17.7. The molecule has 0 radical (unpaired) electrons. The molecule has 0 saturated carbocycles. The Hall–Kier alpha value is -2.60. The van der Waals surface area contributed by atoms with Crippen molar-refractivity contribution in [2.45, 2.75) is 13.3 Å². The molecule has 124 valence electrons. The maximum atomic E-state index is 13.0. The third kappa shape index (κ3) is 4.02. The quantitative estimate of drug-likeness (QED) is 0.371. The average Bonchev–Trinajstić information content (AvgIpc) is 2.56. The van der Waals surface area contributed by atoms with Crippen molar-refractivity contribution in [2.75, 3.05) is 0 Å². The number of ketones is 1. The van der Waals surface area contributed by atoms with Gasteiger partial charge in [0, 0.05) is 11.9 Å². The Balaban J connectivity index is 2.44. The molecule has 2 rings (SSSR count). The number of benzene rings is 1. The number of aliphatic carboxylic acids is 1. The largest absolute Gasteiger partial charge is 0.480 e. The van der Waals surface area contributed by atoms with E-state index >= 15 is 0 Å². The number of carboxylic acids is 1. The molecule has 0 saturated heterocycles. The van der Waals surface area contributed by atoms with Crippen LogP contribution in [0.25, 0.3) is 0 Å². The van der Waals surface area contributed by atoms with Gasteiger partial charge in [-0.3, -0.25) is 14.6 Å². The summed E-state index contributed by atoms with van der Waals surface area (Å²) in [7, 11) is 0. The minimum absolute atomic E-state index is 0.0202. The van der Waals surface area contributed by atoms with E-state index in [1.807, 2.05) is 0 Å². The maximum absolute atomic E-state index is 13.0. The summed E-state index contributed by atoms with van der Waals surface area (Å²) >= 11 is 5.89. The third-order valence-corrected chi connectivity index (χ3v) is 3.63. The van der Waals surface area contributed by atoms with Gasteiger partial charge in [-0.2, -0.15) is 0 Å². The van der Waals surface area contributed by atoms with Crippen LogP contribution in [-0.2, 0) is 4.79 Å². The fourth-order valence-electron chi connectivity index (χ4n) is 2.16. The Morgan fingerprint density at radius 2 is 1.96 bits per heavy atom. The standard InChI is InChI=1S/C17H14ClFN2O3/c1-2-13(21-11-7-5-10(19)6-8-11)14(17(23)24)15(22)12-4-3-9-20-16(12)18/h3-9,14H,2H2,1H3,(H,23,24). The summed E-state index contributed by atoms with van der Waals surface area (Å²) in [5.41, 5.74) is 0.537. The molecule has 0 bridgehead atoms. The van der Waals surface area contributed by atoms with Crippen LogP contribution >= 0.6 is 11.6 Å². The molecule has 0 aliphatic carbocycles.